The van der Waals surface area contributed by atoms with Gasteiger partial charge < -0.3 is 14.9 Å². The number of imide groups is 1. The van der Waals surface area contributed by atoms with Crippen molar-refractivity contribution in [3.05, 3.63) is 23.8 Å². The Morgan fingerprint density at radius 2 is 2.04 bits per heavy atom. The number of nitrogens with one attached hydrogen (secondary N) is 1. The van der Waals surface area contributed by atoms with E-state index in [0.717, 1.165) is 0 Å². The number of piperidine rings is 1. The molecule has 3 amide bonds. The van der Waals surface area contributed by atoms with Gasteiger partial charge in [-0.2, -0.15) is 0 Å². The van der Waals surface area contributed by atoms with Crippen LogP contribution in [-0.2, 0) is 25.6 Å². The van der Waals surface area contributed by atoms with Gasteiger partial charge in [0.2, 0.25) is 18.2 Å². The Kier molecular flexibility index (Phi) is 5.18. The first-order valence-electron chi connectivity index (χ1n) is 7.43. The third kappa shape index (κ3) is 3.70. The zero-order valence-electron chi connectivity index (χ0n) is 13.5. The van der Waals surface area contributed by atoms with Gasteiger partial charge in [0, 0.05) is 20.5 Å². The molecule has 1 aromatic rings. The second-order valence-corrected chi connectivity index (χ2v) is 5.69. The molecule has 1 aliphatic rings. The van der Waals surface area contributed by atoms with Crippen LogP contribution in [0.25, 0.3) is 0 Å². The van der Waals surface area contributed by atoms with Gasteiger partial charge in [-0.15, -0.1) is 0 Å². The fourth-order valence-electron chi connectivity index (χ4n) is 2.71. The zero-order chi connectivity index (χ0) is 17.9. The minimum absolute atomic E-state index is 0.165. The molecule has 1 aromatic carbocycles. The topological polar surface area (TPSA) is 107 Å². The standard InChI is InChI=1S/C16H19N3O5/c1-18(9-20)13-7-10(8-15(22)23)3-4-11(13)19(2)12-5-6-14(21)17-16(12)24/h3-4,7,9,12H,5-6,8H2,1-2H3,(H,22,23)(H,17,21,24). The lowest BCUT2D eigenvalue weighted by Crippen LogP contribution is -2.51. The average molecular weight is 333 g/mol. The van der Waals surface area contributed by atoms with Gasteiger partial charge in [-0.3, -0.25) is 24.5 Å². The van der Waals surface area contributed by atoms with Crippen LogP contribution in [0, 0.1) is 0 Å². The summed E-state index contributed by atoms with van der Waals surface area (Å²) in [5, 5.41) is 11.2. The molecule has 0 aromatic heterocycles. The van der Waals surface area contributed by atoms with Crippen LogP contribution in [0.5, 0.6) is 0 Å². The summed E-state index contributed by atoms with van der Waals surface area (Å²) in [6.45, 7) is 0. The predicted molar refractivity (Wildman–Crippen MR) is 86.8 cm³/mol. The van der Waals surface area contributed by atoms with E-state index in [9.17, 15) is 19.2 Å². The first kappa shape index (κ1) is 17.5. The molecule has 0 aliphatic carbocycles. The molecule has 2 N–H and O–H groups in total. The van der Waals surface area contributed by atoms with Gasteiger partial charge in [-0.25, -0.2) is 0 Å². The number of likely N-dealkylation sites (N-methyl/N-ethyl adjacent to an activating group) is 1. The van der Waals surface area contributed by atoms with Crippen LogP contribution in [0.15, 0.2) is 18.2 Å². The highest BCUT2D eigenvalue weighted by molar-refractivity contribution is 6.02. The minimum Gasteiger partial charge on any atom is -0.481 e. The van der Waals surface area contributed by atoms with Crippen molar-refractivity contribution in [3.8, 4) is 0 Å². The molecule has 1 unspecified atom stereocenters. The maximum atomic E-state index is 12.0. The number of carbonyl (C=O) groups excluding carboxylic acids is 3. The highest BCUT2D eigenvalue weighted by Gasteiger charge is 2.31. The largest absolute Gasteiger partial charge is 0.481 e. The number of carbonyl (C=O) groups is 4. The Morgan fingerprint density at radius 1 is 1.33 bits per heavy atom. The third-order valence-electron chi connectivity index (χ3n) is 3.99. The van der Waals surface area contributed by atoms with E-state index in [1.165, 1.54) is 4.90 Å². The number of rotatable bonds is 6. The number of amides is 3. The first-order chi connectivity index (χ1) is 11.3. The third-order valence-corrected chi connectivity index (χ3v) is 3.99. The molecule has 8 heteroatoms. The second kappa shape index (κ2) is 7.12. The molecule has 1 heterocycles. The molecule has 0 radical (unpaired) electrons. The van der Waals surface area contributed by atoms with Crippen molar-refractivity contribution in [2.75, 3.05) is 23.9 Å². The molecule has 24 heavy (non-hydrogen) atoms. The van der Waals surface area contributed by atoms with Crippen LogP contribution >= 0.6 is 0 Å². The summed E-state index contributed by atoms with van der Waals surface area (Å²) >= 11 is 0. The molecule has 1 fully saturated rings. The molecule has 128 valence electrons. The van der Waals surface area contributed by atoms with Gasteiger partial charge in [-0.1, -0.05) is 6.07 Å². The highest BCUT2D eigenvalue weighted by Crippen LogP contribution is 2.31. The lowest BCUT2D eigenvalue weighted by molar-refractivity contribution is -0.136. The molecule has 8 nitrogen and oxygen atoms in total. The number of aliphatic carboxylic acids is 1. The van der Waals surface area contributed by atoms with Gasteiger partial charge in [0.1, 0.15) is 6.04 Å². The summed E-state index contributed by atoms with van der Waals surface area (Å²) in [5.74, 6) is -1.66. The van der Waals surface area contributed by atoms with Crippen LogP contribution in [0.2, 0.25) is 0 Å². The quantitative estimate of drug-likeness (QED) is 0.567. The molecule has 0 spiro atoms. The van der Waals surface area contributed by atoms with E-state index < -0.39 is 12.0 Å². The van der Waals surface area contributed by atoms with Crippen molar-refractivity contribution in [2.24, 2.45) is 0 Å². The fourth-order valence-corrected chi connectivity index (χ4v) is 2.71. The summed E-state index contributed by atoms with van der Waals surface area (Å²) in [5.41, 5.74) is 1.65. The smallest absolute Gasteiger partial charge is 0.307 e. The van der Waals surface area contributed by atoms with Gasteiger partial charge in [0.25, 0.3) is 0 Å². The molecular formula is C16H19N3O5. The number of hydrogen-bond acceptors (Lipinski definition) is 5. The summed E-state index contributed by atoms with van der Waals surface area (Å²) in [6.07, 6.45) is 1.07. The predicted octanol–water partition coefficient (Wildman–Crippen LogP) is 0.148. The lowest BCUT2D eigenvalue weighted by atomic mass is 10.0. The average Bonchev–Trinajstić information content (AvgIpc) is 2.53. The van der Waals surface area contributed by atoms with E-state index in [-0.39, 0.29) is 24.7 Å². The molecule has 0 bridgehead atoms. The number of anilines is 2. The number of benzene rings is 1. The minimum atomic E-state index is -0.971. The van der Waals surface area contributed by atoms with Crippen molar-refractivity contribution in [1.82, 2.24) is 5.32 Å². The fraction of sp³-hybridized carbons (Fsp3) is 0.375. The van der Waals surface area contributed by atoms with Crippen LogP contribution in [0.4, 0.5) is 11.4 Å². The van der Waals surface area contributed by atoms with Gasteiger partial charge in [-0.05, 0) is 24.1 Å². The summed E-state index contributed by atoms with van der Waals surface area (Å²) < 4.78 is 0. The maximum absolute atomic E-state index is 12.0. The normalized spacial score (nSPS) is 17.2. The van der Waals surface area contributed by atoms with Gasteiger partial charge in [0.05, 0.1) is 17.8 Å². The molecule has 0 saturated carbocycles. The van der Waals surface area contributed by atoms with E-state index in [4.69, 9.17) is 5.11 Å². The number of carboxylic acids is 1. The van der Waals surface area contributed by atoms with Crippen molar-refractivity contribution >= 4 is 35.6 Å². The van der Waals surface area contributed by atoms with E-state index in [2.05, 4.69) is 5.32 Å². The zero-order valence-corrected chi connectivity index (χ0v) is 13.5. The number of carboxylic acid groups (broad SMARTS) is 1. The van der Waals surface area contributed by atoms with Gasteiger partial charge >= 0.3 is 5.97 Å². The van der Waals surface area contributed by atoms with E-state index in [0.29, 0.717) is 29.8 Å². The Morgan fingerprint density at radius 3 is 2.62 bits per heavy atom. The van der Waals surface area contributed by atoms with E-state index >= 15 is 0 Å². The number of nitrogens with zero attached hydrogens (tertiary/aromatic N) is 2. The van der Waals surface area contributed by atoms with Crippen LogP contribution in [0.1, 0.15) is 18.4 Å². The maximum Gasteiger partial charge on any atom is 0.307 e. The highest BCUT2D eigenvalue weighted by atomic mass is 16.4. The van der Waals surface area contributed by atoms with Crippen molar-refractivity contribution in [2.45, 2.75) is 25.3 Å². The molecule has 1 saturated heterocycles. The van der Waals surface area contributed by atoms with Crippen LogP contribution < -0.4 is 15.1 Å². The number of hydrogen-bond donors (Lipinski definition) is 2. The Balaban J connectivity index is 2.36. The first-order valence-corrected chi connectivity index (χ1v) is 7.43. The Hall–Kier alpha value is -2.90. The molecule has 1 atom stereocenters. The SMILES string of the molecule is CN(C=O)c1cc(CC(=O)O)ccc1N(C)C1CCC(=O)NC1=O. The van der Waals surface area contributed by atoms with Crippen molar-refractivity contribution < 1.29 is 24.3 Å². The summed E-state index contributed by atoms with van der Waals surface area (Å²) in [7, 11) is 3.25. The van der Waals surface area contributed by atoms with E-state index in [1.54, 1.807) is 37.2 Å². The molecular weight excluding hydrogens is 314 g/mol. The van der Waals surface area contributed by atoms with Crippen LogP contribution in [-0.4, -0.2) is 49.4 Å². The Labute approximate surface area is 139 Å². The molecule has 2 rings (SSSR count). The summed E-state index contributed by atoms with van der Waals surface area (Å²) in [6, 6.07) is 4.40. The van der Waals surface area contributed by atoms with Crippen molar-refractivity contribution in [3.63, 3.8) is 0 Å². The van der Waals surface area contributed by atoms with Crippen molar-refractivity contribution in [1.29, 1.82) is 0 Å². The van der Waals surface area contributed by atoms with E-state index in [1.807, 2.05) is 0 Å². The summed E-state index contributed by atoms with van der Waals surface area (Å²) in [4.78, 5) is 48.4. The monoisotopic (exact) mass is 333 g/mol. The van der Waals surface area contributed by atoms with Crippen LogP contribution in [0.3, 0.4) is 0 Å². The van der Waals surface area contributed by atoms with Gasteiger partial charge in [0.15, 0.2) is 0 Å². The Bertz CT molecular complexity index is 688. The second-order valence-electron chi connectivity index (χ2n) is 5.69. The lowest BCUT2D eigenvalue weighted by Gasteiger charge is -2.33. The molecule has 1 aliphatic heterocycles.